The molecular weight excluding hydrogens is 227 g/mol. The lowest BCUT2D eigenvalue weighted by atomic mass is 9.90. The molecule has 0 bridgehead atoms. The molecule has 0 aliphatic heterocycles. The summed E-state index contributed by atoms with van der Waals surface area (Å²) >= 11 is 0. The molecule has 0 spiro atoms. The van der Waals surface area contributed by atoms with Gasteiger partial charge in [0.25, 0.3) is 0 Å². The second kappa shape index (κ2) is 4.39. The summed E-state index contributed by atoms with van der Waals surface area (Å²) in [6.45, 7) is 5.04. The van der Waals surface area contributed by atoms with E-state index in [2.05, 4.69) is 17.2 Å². The lowest BCUT2D eigenvalue weighted by Crippen LogP contribution is -2.24. The van der Waals surface area contributed by atoms with Crippen molar-refractivity contribution in [1.29, 1.82) is 0 Å². The number of hydrogen-bond donors (Lipinski definition) is 2. The fourth-order valence-corrected chi connectivity index (χ4v) is 3.18. The SMILES string of the molecule is CCNC1CCCc2[nH]c3c(C)cc(F)cc3c21. The van der Waals surface area contributed by atoms with Crippen LogP contribution in [-0.2, 0) is 6.42 Å². The van der Waals surface area contributed by atoms with Gasteiger partial charge in [0.15, 0.2) is 0 Å². The summed E-state index contributed by atoms with van der Waals surface area (Å²) < 4.78 is 13.6. The van der Waals surface area contributed by atoms with E-state index >= 15 is 0 Å². The summed E-state index contributed by atoms with van der Waals surface area (Å²) in [6, 6.07) is 3.65. The van der Waals surface area contributed by atoms with Crippen molar-refractivity contribution < 1.29 is 4.39 Å². The Labute approximate surface area is 107 Å². The number of aryl methyl sites for hydroxylation is 2. The van der Waals surface area contributed by atoms with E-state index in [0.29, 0.717) is 6.04 Å². The number of hydrogen-bond acceptors (Lipinski definition) is 1. The number of fused-ring (bicyclic) bond motifs is 3. The monoisotopic (exact) mass is 246 g/mol. The maximum atomic E-state index is 13.6. The summed E-state index contributed by atoms with van der Waals surface area (Å²) in [5, 5.41) is 4.58. The number of halogens is 1. The van der Waals surface area contributed by atoms with Crippen LogP contribution in [0.25, 0.3) is 10.9 Å². The van der Waals surface area contributed by atoms with Gasteiger partial charge in [-0.2, -0.15) is 0 Å². The molecular formula is C15H19FN2. The Hall–Kier alpha value is -1.35. The molecule has 2 N–H and O–H groups in total. The zero-order valence-electron chi connectivity index (χ0n) is 10.9. The molecule has 3 rings (SSSR count). The zero-order chi connectivity index (χ0) is 12.7. The fraction of sp³-hybridized carbons (Fsp3) is 0.467. The molecule has 1 unspecified atom stereocenters. The Morgan fingerprint density at radius 2 is 2.28 bits per heavy atom. The first-order valence-electron chi connectivity index (χ1n) is 6.74. The fourth-order valence-electron chi connectivity index (χ4n) is 3.18. The van der Waals surface area contributed by atoms with E-state index in [-0.39, 0.29) is 5.82 Å². The van der Waals surface area contributed by atoms with Gasteiger partial charge in [-0.25, -0.2) is 4.39 Å². The Balaban J connectivity index is 2.23. The van der Waals surface area contributed by atoms with Crippen molar-refractivity contribution in [2.24, 2.45) is 0 Å². The molecule has 96 valence electrons. The van der Waals surface area contributed by atoms with E-state index in [1.165, 1.54) is 17.7 Å². The first kappa shape index (κ1) is 11.7. The van der Waals surface area contributed by atoms with Crippen LogP contribution in [0.15, 0.2) is 12.1 Å². The minimum atomic E-state index is -0.136. The van der Waals surface area contributed by atoms with E-state index in [1.54, 1.807) is 12.1 Å². The third-order valence-electron chi connectivity index (χ3n) is 3.91. The van der Waals surface area contributed by atoms with E-state index in [4.69, 9.17) is 0 Å². The molecule has 1 heterocycles. The standard InChI is InChI=1S/C15H19FN2/c1-3-17-12-5-4-6-13-14(12)11-8-10(16)7-9(2)15(11)18-13/h7-8,12,17-18H,3-6H2,1-2H3. The molecule has 1 aliphatic carbocycles. The van der Waals surface area contributed by atoms with Gasteiger partial charge in [-0.05, 0) is 56.0 Å². The average Bonchev–Trinajstić information content (AvgIpc) is 2.69. The summed E-state index contributed by atoms with van der Waals surface area (Å²) in [5.41, 5.74) is 4.68. The second-order valence-corrected chi connectivity index (χ2v) is 5.16. The van der Waals surface area contributed by atoms with Crippen LogP contribution in [-0.4, -0.2) is 11.5 Å². The maximum absolute atomic E-state index is 13.6. The summed E-state index contributed by atoms with van der Waals surface area (Å²) in [4.78, 5) is 3.49. The highest BCUT2D eigenvalue weighted by Crippen LogP contribution is 2.36. The number of benzene rings is 1. The third kappa shape index (κ3) is 1.74. The molecule has 1 aliphatic rings. The van der Waals surface area contributed by atoms with Gasteiger partial charge in [-0.15, -0.1) is 0 Å². The number of aromatic amines is 1. The molecule has 0 radical (unpaired) electrons. The summed E-state index contributed by atoms with van der Waals surface area (Å²) in [5.74, 6) is -0.136. The lowest BCUT2D eigenvalue weighted by Gasteiger charge is -2.23. The van der Waals surface area contributed by atoms with Crippen molar-refractivity contribution in [3.63, 3.8) is 0 Å². The molecule has 1 aromatic heterocycles. The average molecular weight is 246 g/mol. The molecule has 0 saturated heterocycles. The highest BCUT2D eigenvalue weighted by Gasteiger charge is 2.24. The van der Waals surface area contributed by atoms with Crippen LogP contribution in [0.4, 0.5) is 4.39 Å². The van der Waals surface area contributed by atoms with Crippen molar-refractivity contribution in [2.75, 3.05) is 6.54 Å². The van der Waals surface area contributed by atoms with Crippen molar-refractivity contribution in [1.82, 2.24) is 10.3 Å². The van der Waals surface area contributed by atoms with E-state index < -0.39 is 0 Å². The molecule has 0 saturated carbocycles. The Morgan fingerprint density at radius 3 is 3.06 bits per heavy atom. The maximum Gasteiger partial charge on any atom is 0.124 e. The number of aromatic nitrogens is 1. The lowest BCUT2D eigenvalue weighted by molar-refractivity contribution is 0.472. The Kier molecular flexibility index (Phi) is 2.86. The topological polar surface area (TPSA) is 27.8 Å². The smallest absolute Gasteiger partial charge is 0.124 e. The number of H-pyrrole nitrogens is 1. The van der Waals surface area contributed by atoms with Crippen LogP contribution < -0.4 is 5.32 Å². The van der Waals surface area contributed by atoms with E-state index in [9.17, 15) is 4.39 Å². The van der Waals surface area contributed by atoms with Crippen molar-refractivity contribution >= 4 is 10.9 Å². The van der Waals surface area contributed by atoms with Crippen LogP contribution in [0.3, 0.4) is 0 Å². The normalized spacial score (nSPS) is 19.2. The molecule has 2 aromatic rings. The predicted molar refractivity (Wildman–Crippen MR) is 72.3 cm³/mol. The predicted octanol–water partition coefficient (Wildman–Crippen LogP) is 3.60. The summed E-state index contributed by atoms with van der Waals surface area (Å²) in [6.07, 6.45) is 3.41. The molecule has 1 atom stereocenters. The Bertz CT molecular complexity index is 586. The van der Waals surface area contributed by atoms with Gasteiger partial charge in [-0.1, -0.05) is 6.92 Å². The van der Waals surface area contributed by atoms with Gasteiger partial charge in [0.2, 0.25) is 0 Å². The van der Waals surface area contributed by atoms with E-state index in [1.807, 2.05) is 6.92 Å². The minimum absolute atomic E-state index is 0.136. The van der Waals surface area contributed by atoms with Gasteiger partial charge in [0.1, 0.15) is 5.82 Å². The van der Waals surface area contributed by atoms with Crippen molar-refractivity contribution in [3.05, 3.63) is 34.8 Å². The van der Waals surface area contributed by atoms with Crippen molar-refractivity contribution in [2.45, 2.75) is 39.2 Å². The van der Waals surface area contributed by atoms with Crippen LogP contribution in [0.1, 0.15) is 42.6 Å². The van der Waals surface area contributed by atoms with Gasteiger partial charge in [0.05, 0.1) is 0 Å². The summed E-state index contributed by atoms with van der Waals surface area (Å²) in [7, 11) is 0. The molecule has 2 nitrogen and oxygen atoms in total. The first-order chi connectivity index (χ1) is 8.70. The minimum Gasteiger partial charge on any atom is -0.358 e. The molecule has 18 heavy (non-hydrogen) atoms. The van der Waals surface area contributed by atoms with Gasteiger partial charge >= 0.3 is 0 Å². The molecule has 1 aromatic carbocycles. The van der Waals surface area contributed by atoms with Gasteiger partial charge in [-0.3, -0.25) is 0 Å². The van der Waals surface area contributed by atoms with Crippen molar-refractivity contribution in [3.8, 4) is 0 Å². The number of nitrogens with one attached hydrogen (secondary N) is 2. The zero-order valence-corrected chi connectivity index (χ0v) is 10.9. The van der Waals surface area contributed by atoms with Crippen LogP contribution >= 0.6 is 0 Å². The second-order valence-electron chi connectivity index (χ2n) is 5.16. The molecule has 0 amide bonds. The van der Waals surface area contributed by atoms with Crippen LogP contribution in [0.2, 0.25) is 0 Å². The van der Waals surface area contributed by atoms with Gasteiger partial charge in [0, 0.05) is 22.6 Å². The first-order valence-corrected chi connectivity index (χ1v) is 6.74. The van der Waals surface area contributed by atoms with Crippen LogP contribution in [0.5, 0.6) is 0 Å². The van der Waals surface area contributed by atoms with Crippen LogP contribution in [0, 0.1) is 12.7 Å². The largest absolute Gasteiger partial charge is 0.358 e. The highest BCUT2D eigenvalue weighted by molar-refractivity contribution is 5.88. The van der Waals surface area contributed by atoms with E-state index in [0.717, 1.165) is 35.9 Å². The molecule has 3 heteroatoms. The number of rotatable bonds is 2. The quantitative estimate of drug-likeness (QED) is 0.832. The molecule has 0 fully saturated rings. The third-order valence-corrected chi connectivity index (χ3v) is 3.91. The van der Waals surface area contributed by atoms with Gasteiger partial charge < -0.3 is 10.3 Å². The highest BCUT2D eigenvalue weighted by atomic mass is 19.1. The Morgan fingerprint density at radius 1 is 1.44 bits per heavy atom.